The summed E-state index contributed by atoms with van der Waals surface area (Å²) in [6.07, 6.45) is 4.44. The molecule has 0 fully saturated rings. The van der Waals surface area contributed by atoms with Crippen LogP contribution in [0.2, 0.25) is 0 Å². The number of benzene rings is 2. The number of hydrogen-bond acceptors (Lipinski definition) is 4. The van der Waals surface area contributed by atoms with E-state index in [-0.39, 0.29) is 5.56 Å². The predicted molar refractivity (Wildman–Crippen MR) is 111 cm³/mol. The van der Waals surface area contributed by atoms with Crippen molar-refractivity contribution >= 4 is 16.9 Å². The van der Waals surface area contributed by atoms with Crippen molar-refractivity contribution in [1.82, 2.24) is 14.5 Å². The van der Waals surface area contributed by atoms with Crippen LogP contribution < -0.4 is 10.5 Å². The van der Waals surface area contributed by atoms with Crippen LogP contribution in [0.25, 0.3) is 16.6 Å². The number of pyridine rings is 1. The van der Waals surface area contributed by atoms with E-state index in [1.807, 2.05) is 37.3 Å². The molecule has 5 rings (SSSR count). The third-order valence-corrected chi connectivity index (χ3v) is 5.42. The largest absolute Gasteiger partial charge is 0.336 e. The Kier molecular flexibility index (Phi) is 3.93. The van der Waals surface area contributed by atoms with Crippen LogP contribution in [-0.2, 0) is 13.0 Å². The quantitative estimate of drug-likeness (QED) is 0.542. The molecule has 0 saturated heterocycles. The summed E-state index contributed by atoms with van der Waals surface area (Å²) in [7, 11) is 0. The van der Waals surface area contributed by atoms with Crippen LogP contribution >= 0.6 is 0 Å². The summed E-state index contributed by atoms with van der Waals surface area (Å²) in [6.45, 7) is 3.67. The molecule has 1 aliphatic heterocycles. The van der Waals surface area contributed by atoms with Gasteiger partial charge in [-0.15, -0.1) is 0 Å². The zero-order valence-corrected chi connectivity index (χ0v) is 15.7. The van der Waals surface area contributed by atoms with E-state index >= 15 is 0 Å². The maximum Gasteiger partial charge on any atom is 0.266 e. The van der Waals surface area contributed by atoms with Crippen molar-refractivity contribution in [3.63, 3.8) is 0 Å². The Hall–Kier alpha value is -3.47. The molecule has 5 heteroatoms. The highest BCUT2D eigenvalue weighted by atomic mass is 16.1. The van der Waals surface area contributed by atoms with E-state index in [1.165, 1.54) is 11.1 Å². The van der Waals surface area contributed by atoms with Gasteiger partial charge < -0.3 is 4.90 Å². The first-order chi connectivity index (χ1) is 13.7. The minimum atomic E-state index is -0.0951. The van der Waals surface area contributed by atoms with Gasteiger partial charge in [-0.1, -0.05) is 42.5 Å². The molecule has 2 aromatic carbocycles. The van der Waals surface area contributed by atoms with Gasteiger partial charge in [-0.3, -0.25) is 9.36 Å². The first kappa shape index (κ1) is 16.7. The van der Waals surface area contributed by atoms with Gasteiger partial charge >= 0.3 is 0 Å². The minimum Gasteiger partial charge on any atom is -0.336 e. The second-order valence-electron chi connectivity index (χ2n) is 7.19. The molecule has 0 atom stereocenters. The molecular weight excluding hydrogens is 348 g/mol. The molecule has 5 nitrogen and oxygen atoms in total. The predicted octanol–water partition coefficient (Wildman–Crippen LogP) is 3.65. The molecule has 1 aliphatic rings. The van der Waals surface area contributed by atoms with Gasteiger partial charge in [0.15, 0.2) is 0 Å². The van der Waals surface area contributed by atoms with E-state index in [2.05, 4.69) is 34.1 Å². The second kappa shape index (κ2) is 6.60. The van der Waals surface area contributed by atoms with E-state index < -0.39 is 0 Å². The normalized spacial score (nSPS) is 13.5. The SMILES string of the molecule is Cc1ccccc1-n1ccc2nc(N3CCc4ccccc4C3)ncc2c1=O. The Bertz CT molecular complexity index is 1240. The lowest BCUT2D eigenvalue weighted by Gasteiger charge is -2.28. The van der Waals surface area contributed by atoms with Crippen molar-refractivity contribution in [3.8, 4) is 5.69 Å². The number of hydrogen-bond donors (Lipinski definition) is 0. The summed E-state index contributed by atoms with van der Waals surface area (Å²) >= 11 is 0. The molecule has 0 amide bonds. The average Bonchev–Trinajstić information content (AvgIpc) is 2.74. The fourth-order valence-corrected chi connectivity index (χ4v) is 3.86. The maximum absolute atomic E-state index is 13.0. The third-order valence-electron chi connectivity index (χ3n) is 5.42. The molecule has 0 unspecified atom stereocenters. The Labute approximate surface area is 162 Å². The van der Waals surface area contributed by atoms with Crippen LogP contribution in [0, 0.1) is 6.92 Å². The van der Waals surface area contributed by atoms with E-state index in [9.17, 15) is 4.79 Å². The van der Waals surface area contributed by atoms with Crippen LogP contribution in [-0.4, -0.2) is 21.1 Å². The molecule has 0 radical (unpaired) electrons. The fourth-order valence-electron chi connectivity index (χ4n) is 3.86. The Morgan fingerprint density at radius 1 is 0.964 bits per heavy atom. The number of aromatic nitrogens is 3. The molecule has 4 aromatic rings. The summed E-state index contributed by atoms with van der Waals surface area (Å²) in [5.41, 5.74) is 5.22. The fraction of sp³-hybridized carbons (Fsp3) is 0.174. The number of para-hydroxylation sites is 1. The van der Waals surface area contributed by atoms with Crippen molar-refractivity contribution in [1.29, 1.82) is 0 Å². The smallest absolute Gasteiger partial charge is 0.266 e. The number of rotatable bonds is 2. The highest BCUT2D eigenvalue weighted by Gasteiger charge is 2.19. The lowest BCUT2D eigenvalue weighted by Crippen LogP contribution is -2.32. The standard InChI is InChI=1S/C23H20N4O/c1-16-6-2-5-9-21(16)27-13-11-20-19(22(27)28)14-24-23(25-20)26-12-10-17-7-3-4-8-18(17)15-26/h2-9,11,13-14H,10,12,15H2,1H3. The van der Waals surface area contributed by atoms with Gasteiger partial charge in [0.05, 0.1) is 16.6 Å². The topological polar surface area (TPSA) is 51.0 Å². The van der Waals surface area contributed by atoms with E-state index in [0.717, 1.165) is 30.8 Å². The molecule has 3 heterocycles. The zero-order valence-electron chi connectivity index (χ0n) is 15.7. The number of nitrogens with zero attached hydrogens (tertiary/aromatic N) is 4. The number of fused-ring (bicyclic) bond motifs is 2. The highest BCUT2D eigenvalue weighted by Crippen LogP contribution is 2.23. The Morgan fingerprint density at radius 2 is 1.75 bits per heavy atom. The first-order valence-electron chi connectivity index (χ1n) is 9.47. The van der Waals surface area contributed by atoms with Crippen LogP contribution in [0.3, 0.4) is 0 Å². The minimum absolute atomic E-state index is 0.0951. The maximum atomic E-state index is 13.0. The molecule has 138 valence electrons. The molecule has 0 spiro atoms. The summed E-state index contributed by atoms with van der Waals surface area (Å²) < 4.78 is 1.66. The monoisotopic (exact) mass is 368 g/mol. The van der Waals surface area contributed by atoms with Crippen molar-refractivity contribution in [3.05, 3.63) is 94.0 Å². The summed E-state index contributed by atoms with van der Waals surface area (Å²) in [6, 6.07) is 18.2. The molecule has 0 bridgehead atoms. The molecule has 2 aromatic heterocycles. The lowest BCUT2D eigenvalue weighted by atomic mass is 10.0. The van der Waals surface area contributed by atoms with Crippen LogP contribution in [0.15, 0.2) is 71.8 Å². The van der Waals surface area contributed by atoms with Crippen LogP contribution in [0.1, 0.15) is 16.7 Å². The molecule has 28 heavy (non-hydrogen) atoms. The van der Waals surface area contributed by atoms with Crippen LogP contribution in [0.4, 0.5) is 5.95 Å². The van der Waals surface area contributed by atoms with Gasteiger partial charge in [0.1, 0.15) is 0 Å². The van der Waals surface area contributed by atoms with Gasteiger partial charge in [0.2, 0.25) is 5.95 Å². The third kappa shape index (κ3) is 2.76. The summed E-state index contributed by atoms with van der Waals surface area (Å²) in [5.74, 6) is 0.676. The van der Waals surface area contributed by atoms with Gasteiger partial charge in [-0.2, -0.15) is 0 Å². The second-order valence-corrected chi connectivity index (χ2v) is 7.19. The molecular formula is C23H20N4O. The van der Waals surface area contributed by atoms with Gasteiger partial charge in [-0.25, -0.2) is 9.97 Å². The lowest BCUT2D eigenvalue weighted by molar-refractivity contribution is 0.710. The van der Waals surface area contributed by atoms with E-state index in [4.69, 9.17) is 4.98 Å². The van der Waals surface area contributed by atoms with Crippen molar-refractivity contribution in [2.75, 3.05) is 11.4 Å². The van der Waals surface area contributed by atoms with Crippen molar-refractivity contribution in [2.45, 2.75) is 19.9 Å². The number of anilines is 1. The molecule has 0 aliphatic carbocycles. The highest BCUT2D eigenvalue weighted by molar-refractivity contribution is 5.78. The van der Waals surface area contributed by atoms with Gasteiger partial charge in [0.25, 0.3) is 5.56 Å². The van der Waals surface area contributed by atoms with E-state index in [1.54, 1.807) is 17.0 Å². The summed E-state index contributed by atoms with van der Waals surface area (Å²) in [5, 5.41) is 0.534. The average molecular weight is 368 g/mol. The molecule has 0 N–H and O–H groups in total. The zero-order chi connectivity index (χ0) is 19.1. The van der Waals surface area contributed by atoms with Gasteiger partial charge in [-0.05, 0) is 42.2 Å². The molecule has 0 saturated carbocycles. The Balaban J connectivity index is 1.54. The van der Waals surface area contributed by atoms with Gasteiger partial charge in [0, 0.05) is 25.5 Å². The summed E-state index contributed by atoms with van der Waals surface area (Å²) in [4.78, 5) is 24.4. The van der Waals surface area contributed by atoms with Crippen molar-refractivity contribution in [2.24, 2.45) is 0 Å². The first-order valence-corrected chi connectivity index (χ1v) is 9.47. The van der Waals surface area contributed by atoms with Crippen LogP contribution in [0.5, 0.6) is 0 Å². The van der Waals surface area contributed by atoms with E-state index in [0.29, 0.717) is 16.9 Å². The number of aryl methyl sites for hydroxylation is 1. The van der Waals surface area contributed by atoms with Crippen molar-refractivity contribution < 1.29 is 0 Å². The Morgan fingerprint density at radius 3 is 2.61 bits per heavy atom.